The molecule has 0 amide bonds. The summed E-state index contributed by atoms with van der Waals surface area (Å²) in [5, 5.41) is 16.3. The summed E-state index contributed by atoms with van der Waals surface area (Å²) in [4.78, 5) is 23.6. The van der Waals surface area contributed by atoms with E-state index in [9.17, 15) is 4.79 Å². The van der Waals surface area contributed by atoms with Gasteiger partial charge >= 0.3 is 5.97 Å². The Morgan fingerprint density at radius 2 is 1.81 bits per heavy atom. The molecule has 3 rings (SSSR count). The van der Waals surface area contributed by atoms with Gasteiger partial charge in [-0.2, -0.15) is 0 Å². The topological polar surface area (TPSA) is 157 Å². The van der Waals surface area contributed by atoms with Gasteiger partial charge in [-0.15, -0.1) is 0 Å². The maximum Gasteiger partial charge on any atom is 0.320 e. The van der Waals surface area contributed by atoms with Crippen LogP contribution in [0.15, 0.2) is 49.2 Å². The Morgan fingerprint density at radius 3 is 2.38 bits per heavy atom. The Hall–Kier alpha value is -3.59. The zero-order valence-corrected chi connectivity index (χ0v) is 13.7. The zero-order chi connectivity index (χ0) is 18.7. The van der Waals surface area contributed by atoms with Crippen molar-refractivity contribution >= 4 is 11.8 Å². The molecule has 0 bridgehead atoms. The molecule has 2 heterocycles. The molecule has 132 valence electrons. The van der Waals surface area contributed by atoms with Crippen molar-refractivity contribution in [2.24, 2.45) is 11.5 Å². The van der Waals surface area contributed by atoms with Crippen molar-refractivity contribution in [1.82, 2.24) is 19.5 Å². The zero-order valence-electron chi connectivity index (χ0n) is 13.7. The molecule has 0 spiro atoms. The Labute approximate surface area is 148 Å². The third-order valence-corrected chi connectivity index (χ3v) is 3.78. The lowest BCUT2D eigenvalue weighted by molar-refractivity contribution is -0.138. The molecule has 6 N–H and O–H groups in total. The lowest BCUT2D eigenvalue weighted by atomic mass is 10.1. The summed E-state index contributed by atoms with van der Waals surface area (Å²) in [5.41, 5.74) is 13.9. The fourth-order valence-electron chi connectivity index (χ4n) is 2.34. The minimum atomic E-state index is -1.07. The summed E-state index contributed by atoms with van der Waals surface area (Å²) in [6.45, 7) is 0. The average molecular weight is 351 g/mol. The second-order valence-electron chi connectivity index (χ2n) is 5.68. The van der Waals surface area contributed by atoms with Crippen LogP contribution in [0.3, 0.4) is 0 Å². The van der Waals surface area contributed by atoms with Crippen molar-refractivity contribution < 1.29 is 9.90 Å². The number of nitrogen functional groups attached to an aromatic ring is 1. The molecule has 26 heavy (non-hydrogen) atoms. The lowest BCUT2D eigenvalue weighted by Gasteiger charge is -2.05. The van der Waals surface area contributed by atoms with Crippen molar-refractivity contribution in [2.45, 2.75) is 12.5 Å². The molecule has 2 aromatic heterocycles. The van der Waals surface area contributed by atoms with Crippen molar-refractivity contribution in [3.05, 3.63) is 60.4 Å². The highest BCUT2D eigenvalue weighted by molar-refractivity contribution is 5.95. The molecule has 1 unspecified atom stereocenters. The largest absolute Gasteiger partial charge is 0.480 e. The standard InChI is InChI=1S/C17H17N7O2/c18-14(16(25)26)5-13-8-24(9-23-13)17-21-6-12(7-22-17)10-1-3-11(4-2-10)15(19)20/h1-4,6-9,14H,5,18H2,(H3,19,20)(H,25,26). The van der Waals surface area contributed by atoms with E-state index in [2.05, 4.69) is 15.0 Å². The fraction of sp³-hybridized carbons (Fsp3) is 0.118. The van der Waals surface area contributed by atoms with Crippen LogP contribution < -0.4 is 11.5 Å². The predicted octanol–water partition coefficient (Wildman–Crippen LogP) is 0.568. The molecule has 0 aliphatic rings. The molecule has 0 radical (unpaired) electrons. The molecule has 0 aliphatic heterocycles. The highest BCUT2D eigenvalue weighted by atomic mass is 16.4. The van der Waals surface area contributed by atoms with Crippen molar-refractivity contribution in [2.75, 3.05) is 0 Å². The van der Waals surface area contributed by atoms with Gasteiger partial charge in [-0.25, -0.2) is 15.0 Å². The number of nitrogens with one attached hydrogen (secondary N) is 1. The minimum Gasteiger partial charge on any atom is -0.480 e. The predicted molar refractivity (Wildman–Crippen MR) is 94.9 cm³/mol. The van der Waals surface area contributed by atoms with Crippen molar-refractivity contribution in [3.8, 4) is 17.1 Å². The molecule has 1 aromatic carbocycles. The molecule has 0 aliphatic carbocycles. The molecular formula is C17H17N7O2. The van der Waals surface area contributed by atoms with Crippen LogP contribution in [0.2, 0.25) is 0 Å². The highest BCUT2D eigenvalue weighted by Gasteiger charge is 2.14. The Bertz CT molecular complexity index is 933. The van der Waals surface area contributed by atoms with Gasteiger partial charge in [0.05, 0.1) is 5.69 Å². The van der Waals surface area contributed by atoms with Crippen LogP contribution >= 0.6 is 0 Å². The number of nitrogens with two attached hydrogens (primary N) is 2. The van der Waals surface area contributed by atoms with Crippen LogP contribution in [-0.2, 0) is 11.2 Å². The number of carboxylic acids is 1. The van der Waals surface area contributed by atoms with Gasteiger partial charge in [0.25, 0.3) is 0 Å². The average Bonchev–Trinajstić information content (AvgIpc) is 3.10. The number of aromatic nitrogens is 4. The van der Waals surface area contributed by atoms with Gasteiger partial charge in [0.2, 0.25) is 5.95 Å². The van der Waals surface area contributed by atoms with Gasteiger partial charge in [-0.05, 0) is 5.56 Å². The van der Waals surface area contributed by atoms with E-state index >= 15 is 0 Å². The number of carbonyl (C=O) groups is 1. The van der Waals surface area contributed by atoms with Crippen LogP contribution in [0.5, 0.6) is 0 Å². The van der Waals surface area contributed by atoms with Gasteiger partial charge in [0.15, 0.2) is 0 Å². The smallest absolute Gasteiger partial charge is 0.320 e. The number of carboxylic acid groups (broad SMARTS) is 1. The molecule has 0 fully saturated rings. The number of hydrogen-bond acceptors (Lipinski definition) is 6. The molecule has 0 saturated heterocycles. The quantitative estimate of drug-likeness (QED) is 0.373. The second kappa shape index (κ2) is 7.11. The SMILES string of the molecule is N=C(N)c1ccc(-c2cnc(-n3cnc(CC(N)C(=O)O)c3)nc2)cc1. The first kappa shape index (κ1) is 17.2. The van der Waals surface area contributed by atoms with Crippen LogP contribution in [0, 0.1) is 5.41 Å². The number of benzene rings is 1. The van der Waals surface area contributed by atoms with Crippen molar-refractivity contribution in [3.63, 3.8) is 0 Å². The summed E-state index contributed by atoms with van der Waals surface area (Å²) < 4.78 is 1.60. The molecule has 9 heteroatoms. The summed E-state index contributed by atoms with van der Waals surface area (Å²) in [5.74, 6) is -0.644. The van der Waals surface area contributed by atoms with Crippen LogP contribution in [0.1, 0.15) is 11.3 Å². The number of nitrogens with zero attached hydrogens (tertiary/aromatic N) is 4. The lowest BCUT2D eigenvalue weighted by Crippen LogP contribution is -2.32. The number of amidine groups is 1. The summed E-state index contributed by atoms with van der Waals surface area (Å²) >= 11 is 0. The molecule has 3 aromatic rings. The normalized spacial score (nSPS) is 11.9. The maximum absolute atomic E-state index is 10.8. The van der Waals surface area contributed by atoms with E-state index in [4.69, 9.17) is 22.0 Å². The van der Waals surface area contributed by atoms with E-state index in [0.717, 1.165) is 11.1 Å². The van der Waals surface area contributed by atoms with Crippen LogP contribution in [0.4, 0.5) is 0 Å². The van der Waals surface area contributed by atoms with Crippen LogP contribution in [-0.4, -0.2) is 42.5 Å². The summed E-state index contributed by atoms with van der Waals surface area (Å²) in [6.07, 6.45) is 6.64. The van der Waals surface area contributed by atoms with Gasteiger partial charge in [-0.3, -0.25) is 14.8 Å². The Kier molecular flexibility index (Phi) is 4.72. The van der Waals surface area contributed by atoms with E-state index in [1.807, 2.05) is 12.1 Å². The number of rotatable bonds is 6. The summed E-state index contributed by atoms with van der Waals surface area (Å²) in [6, 6.07) is 6.22. The molecule has 9 nitrogen and oxygen atoms in total. The van der Waals surface area contributed by atoms with E-state index in [1.165, 1.54) is 6.33 Å². The van der Waals surface area contributed by atoms with Gasteiger partial charge in [0, 0.05) is 36.1 Å². The van der Waals surface area contributed by atoms with Gasteiger partial charge in [0.1, 0.15) is 18.2 Å². The maximum atomic E-state index is 10.8. The Balaban J connectivity index is 1.76. The van der Waals surface area contributed by atoms with Crippen LogP contribution in [0.25, 0.3) is 17.1 Å². The van der Waals surface area contributed by atoms with E-state index < -0.39 is 12.0 Å². The number of aliphatic carboxylic acids is 1. The van der Waals surface area contributed by atoms with Gasteiger partial charge in [-0.1, -0.05) is 24.3 Å². The highest BCUT2D eigenvalue weighted by Crippen LogP contribution is 2.18. The third-order valence-electron chi connectivity index (χ3n) is 3.78. The fourth-order valence-corrected chi connectivity index (χ4v) is 2.34. The third kappa shape index (κ3) is 3.73. The first-order valence-electron chi connectivity index (χ1n) is 7.72. The van der Waals surface area contributed by atoms with E-state index in [-0.39, 0.29) is 12.3 Å². The summed E-state index contributed by atoms with van der Waals surface area (Å²) in [7, 11) is 0. The van der Waals surface area contributed by atoms with Gasteiger partial charge < -0.3 is 16.6 Å². The molecular weight excluding hydrogens is 334 g/mol. The first-order valence-corrected chi connectivity index (χ1v) is 7.72. The first-order chi connectivity index (χ1) is 12.4. The molecule has 0 saturated carbocycles. The number of imidazole rings is 1. The minimum absolute atomic E-state index is 0.0154. The number of hydrogen-bond donors (Lipinski definition) is 4. The monoisotopic (exact) mass is 351 g/mol. The van der Waals surface area contributed by atoms with Crippen molar-refractivity contribution in [1.29, 1.82) is 5.41 Å². The van der Waals surface area contributed by atoms with E-state index in [0.29, 0.717) is 17.2 Å². The second-order valence-corrected chi connectivity index (χ2v) is 5.68. The van der Waals surface area contributed by atoms with E-state index in [1.54, 1.807) is 35.3 Å². The molecule has 1 atom stereocenters. The Morgan fingerprint density at radius 1 is 1.15 bits per heavy atom.